The lowest BCUT2D eigenvalue weighted by atomic mass is 10.2. The van der Waals surface area contributed by atoms with Gasteiger partial charge >= 0.3 is 5.97 Å². The number of nitrogens with one attached hydrogen (secondary N) is 1. The van der Waals surface area contributed by atoms with Crippen LogP contribution in [0.1, 0.15) is 26.5 Å². The van der Waals surface area contributed by atoms with Crippen molar-refractivity contribution < 1.29 is 14.3 Å². The molecule has 23 heavy (non-hydrogen) atoms. The molecular weight excluding hydrogens is 296 g/mol. The summed E-state index contributed by atoms with van der Waals surface area (Å²) in [6.45, 7) is 1.84. The van der Waals surface area contributed by atoms with Gasteiger partial charge in [-0.25, -0.2) is 4.79 Å². The summed E-state index contributed by atoms with van der Waals surface area (Å²) in [5, 5.41) is 10.7. The normalized spacial score (nSPS) is 10.5. The summed E-state index contributed by atoms with van der Waals surface area (Å²) in [7, 11) is 1.32. The van der Waals surface area contributed by atoms with Gasteiger partial charge in [0.15, 0.2) is 5.65 Å². The first-order chi connectivity index (χ1) is 11.1. The number of methoxy groups -OCH3 is 1. The third-order valence-corrected chi connectivity index (χ3v) is 3.41. The van der Waals surface area contributed by atoms with E-state index in [0.29, 0.717) is 22.5 Å². The van der Waals surface area contributed by atoms with Gasteiger partial charge in [0.1, 0.15) is 5.82 Å². The van der Waals surface area contributed by atoms with Crippen molar-refractivity contribution >= 4 is 23.2 Å². The van der Waals surface area contributed by atoms with Crippen molar-refractivity contribution in [3.63, 3.8) is 0 Å². The summed E-state index contributed by atoms with van der Waals surface area (Å²) in [5.41, 5.74) is 2.09. The lowest BCUT2D eigenvalue weighted by Crippen LogP contribution is -2.12. The summed E-state index contributed by atoms with van der Waals surface area (Å²) in [4.78, 5) is 23.6. The Bertz CT molecular complexity index is 884. The van der Waals surface area contributed by atoms with E-state index >= 15 is 0 Å². The fourth-order valence-electron chi connectivity index (χ4n) is 2.16. The number of hydrogen-bond donors (Lipinski definition) is 1. The zero-order valence-electron chi connectivity index (χ0n) is 12.6. The number of aryl methyl sites for hydroxylation is 1. The Morgan fingerprint density at radius 2 is 1.83 bits per heavy atom. The highest BCUT2D eigenvalue weighted by molar-refractivity contribution is 6.05. The van der Waals surface area contributed by atoms with Gasteiger partial charge in [-0.2, -0.15) is 0 Å². The van der Waals surface area contributed by atoms with Crippen molar-refractivity contribution in [3.8, 4) is 0 Å². The minimum Gasteiger partial charge on any atom is -0.465 e. The van der Waals surface area contributed by atoms with Crippen LogP contribution < -0.4 is 5.32 Å². The van der Waals surface area contributed by atoms with Gasteiger partial charge < -0.3 is 10.1 Å². The molecule has 1 N–H and O–H groups in total. The molecular formula is C16H14N4O3. The average molecular weight is 310 g/mol. The van der Waals surface area contributed by atoms with Gasteiger partial charge in [0.05, 0.1) is 12.7 Å². The van der Waals surface area contributed by atoms with Crippen LogP contribution >= 0.6 is 0 Å². The second-order valence-corrected chi connectivity index (χ2v) is 4.91. The summed E-state index contributed by atoms with van der Waals surface area (Å²) >= 11 is 0. The smallest absolute Gasteiger partial charge is 0.337 e. The molecule has 0 atom stereocenters. The number of aromatic nitrogens is 3. The Labute approximate surface area is 131 Å². The molecule has 0 fully saturated rings. The van der Waals surface area contributed by atoms with E-state index in [1.54, 1.807) is 47.0 Å². The Kier molecular flexibility index (Phi) is 3.76. The molecule has 7 heteroatoms. The van der Waals surface area contributed by atoms with Gasteiger partial charge in [-0.1, -0.05) is 0 Å². The molecule has 0 aliphatic carbocycles. The first-order valence-corrected chi connectivity index (χ1v) is 6.89. The van der Waals surface area contributed by atoms with Crippen molar-refractivity contribution in [3.05, 3.63) is 59.5 Å². The number of benzene rings is 1. The van der Waals surface area contributed by atoms with E-state index in [2.05, 4.69) is 20.3 Å². The summed E-state index contributed by atoms with van der Waals surface area (Å²) in [6, 6.07) is 9.83. The molecule has 2 heterocycles. The van der Waals surface area contributed by atoms with E-state index in [9.17, 15) is 9.59 Å². The van der Waals surface area contributed by atoms with Crippen molar-refractivity contribution in [2.45, 2.75) is 6.92 Å². The van der Waals surface area contributed by atoms with Crippen LogP contribution in [-0.2, 0) is 4.74 Å². The molecule has 0 bridgehead atoms. The Balaban J connectivity index is 1.78. The Hall–Kier alpha value is -3.22. The summed E-state index contributed by atoms with van der Waals surface area (Å²) in [6.07, 6.45) is 1.75. The molecule has 3 aromatic rings. The van der Waals surface area contributed by atoms with Crippen LogP contribution in [0.15, 0.2) is 42.6 Å². The van der Waals surface area contributed by atoms with Crippen LogP contribution in [0.4, 0.5) is 5.69 Å². The summed E-state index contributed by atoms with van der Waals surface area (Å²) in [5.74, 6) is 0.0693. The molecule has 7 nitrogen and oxygen atoms in total. The second-order valence-electron chi connectivity index (χ2n) is 4.91. The maximum atomic E-state index is 12.3. The maximum Gasteiger partial charge on any atom is 0.337 e. The third kappa shape index (κ3) is 2.89. The van der Waals surface area contributed by atoms with Gasteiger partial charge in [-0.3, -0.25) is 9.20 Å². The molecule has 0 saturated carbocycles. The van der Waals surface area contributed by atoms with Gasteiger partial charge in [0.25, 0.3) is 5.91 Å². The first-order valence-electron chi connectivity index (χ1n) is 6.89. The first kappa shape index (κ1) is 14.7. The fraction of sp³-hybridized carbons (Fsp3) is 0.125. The Morgan fingerprint density at radius 3 is 2.52 bits per heavy atom. The molecule has 0 radical (unpaired) electrons. The highest BCUT2D eigenvalue weighted by Gasteiger charge is 2.10. The monoisotopic (exact) mass is 310 g/mol. The molecule has 1 amide bonds. The minimum absolute atomic E-state index is 0.265. The van der Waals surface area contributed by atoms with Crippen molar-refractivity contribution in [1.82, 2.24) is 14.6 Å². The molecule has 0 spiro atoms. The topological polar surface area (TPSA) is 85.6 Å². The standard InChI is InChI=1S/C16H14N4O3/c1-10-18-19-14-9-12(7-8-20(10)14)15(21)17-13-5-3-11(4-6-13)16(22)23-2/h3-9H,1-2H3,(H,17,21). The molecule has 2 aromatic heterocycles. The molecule has 0 aliphatic rings. The highest BCUT2D eigenvalue weighted by atomic mass is 16.5. The van der Waals surface area contributed by atoms with E-state index in [4.69, 9.17) is 0 Å². The van der Waals surface area contributed by atoms with Crippen LogP contribution in [0.5, 0.6) is 0 Å². The van der Waals surface area contributed by atoms with Crippen LogP contribution in [0.3, 0.4) is 0 Å². The predicted molar refractivity (Wildman–Crippen MR) is 83.5 cm³/mol. The number of fused-ring (bicyclic) bond motifs is 1. The van der Waals surface area contributed by atoms with Crippen molar-refractivity contribution in [2.24, 2.45) is 0 Å². The molecule has 0 aliphatic heterocycles. The number of ether oxygens (including phenoxy) is 1. The minimum atomic E-state index is -0.421. The number of amides is 1. The van der Waals surface area contributed by atoms with Gasteiger partial charge in [-0.05, 0) is 43.3 Å². The van der Waals surface area contributed by atoms with Gasteiger partial charge in [0, 0.05) is 17.4 Å². The number of rotatable bonds is 3. The largest absolute Gasteiger partial charge is 0.465 e. The lowest BCUT2D eigenvalue weighted by Gasteiger charge is -2.06. The van der Waals surface area contributed by atoms with Crippen molar-refractivity contribution in [1.29, 1.82) is 0 Å². The molecule has 0 unspecified atom stereocenters. The number of hydrogen-bond acceptors (Lipinski definition) is 5. The molecule has 1 aromatic carbocycles. The highest BCUT2D eigenvalue weighted by Crippen LogP contribution is 2.13. The van der Waals surface area contributed by atoms with Crippen LogP contribution in [0.2, 0.25) is 0 Å². The average Bonchev–Trinajstić information content (AvgIpc) is 2.95. The van der Waals surface area contributed by atoms with Gasteiger partial charge in [-0.15, -0.1) is 10.2 Å². The number of pyridine rings is 1. The zero-order chi connectivity index (χ0) is 16.4. The number of carbonyl (C=O) groups excluding carboxylic acids is 2. The molecule has 116 valence electrons. The van der Waals surface area contributed by atoms with Gasteiger partial charge in [0.2, 0.25) is 0 Å². The fourth-order valence-corrected chi connectivity index (χ4v) is 2.16. The lowest BCUT2D eigenvalue weighted by molar-refractivity contribution is 0.0600. The predicted octanol–water partition coefficient (Wildman–Crippen LogP) is 2.08. The number of nitrogens with zero attached hydrogens (tertiary/aromatic N) is 3. The van der Waals surface area contributed by atoms with Crippen LogP contribution in [-0.4, -0.2) is 33.6 Å². The van der Waals surface area contributed by atoms with E-state index in [1.807, 2.05) is 6.92 Å². The zero-order valence-corrected chi connectivity index (χ0v) is 12.6. The maximum absolute atomic E-state index is 12.3. The quantitative estimate of drug-likeness (QED) is 0.749. The van der Waals surface area contributed by atoms with Crippen molar-refractivity contribution in [2.75, 3.05) is 12.4 Å². The van der Waals surface area contributed by atoms with Crippen LogP contribution in [0.25, 0.3) is 5.65 Å². The number of esters is 1. The van der Waals surface area contributed by atoms with E-state index in [1.165, 1.54) is 7.11 Å². The number of carbonyl (C=O) groups is 2. The molecule has 3 rings (SSSR count). The van der Waals surface area contributed by atoms with E-state index in [-0.39, 0.29) is 5.91 Å². The van der Waals surface area contributed by atoms with E-state index in [0.717, 1.165) is 5.82 Å². The molecule has 0 saturated heterocycles. The third-order valence-electron chi connectivity index (χ3n) is 3.41. The Morgan fingerprint density at radius 1 is 1.09 bits per heavy atom. The SMILES string of the molecule is COC(=O)c1ccc(NC(=O)c2ccn3c(C)nnc3c2)cc1. The summed E-state index contributed by atoms with van der Waals surface area (Å²) < 4.78 is 6.42. The number of anilines is 1. The second kappa shape index (κ2) is 5.88. The van der Waals surface area contributed by atoms with Crippen LogP contribution in [0, 0.1) is 6.92 Å². The van der Waals surface area contributed by atoms with E-state index < -0.39 is 5.97 Å².